The zero-order valence-electron chi connectivity index (χ0n) is 10.3. The molecule has 0 saturated carbocycles. The average Bonchev–Trinajstić information content (AvgIpc) is 2.76. The second-order valence-corrected chi connectivity index (χ2v) is 4.28. The third-order valence-corrected chi connectivity index (χ3v) is 2.89. The third-order valence-electron chi connectivity index (χ3n) is 2.89. The Hall–Kier alpha value is -3.02. The fourth-order valence-corrected chi connectivity index (χ4v) is 1.90. The molecule has 20 heavy (non-hydrogen) atoms. The second kappa shape index (κ2) is 4.58. The van der Waals surface area contributed by atoms with Crippen molar-refractivity contribution in [2.24, 2.45) is 4.99 Å². The molecule has 3 rings (SSSR count). The van der Waals surface area contributed by atoms with Crippen LogP contribution >= 0.6 is 0 Å². The molecule has 100 valence electrons. The molecule has 2 aromatic carbocycles. The molecule has 0 amide bonds. The van der Waals surface area contributed by atoms with E-state index in [-0.39, 0.29) is 17.2 Å². The highest BCUT2D eigenvalue weighted by molar-refractivity contribution is 5.88. The number of H-pyrrole nitrogens is 2. The maximum absolute atomic E-state index is 11.2. The number of fused-ring (bicyclic) bond motifs is 1. The number of nitrogens with one attached hydrogen (secondary N) is 2. The Morgan fingerprint density at radius 2 is 1.70 bits per heavy atom. The van der Waals surface area contributed by atoms with Gasteiger partial charge in [0.25, 0.3) is 0 Å². The Bertz CT molecular complexity index is 861. The van der Waals surface area contributed by atoms with Gasteiger partial charge in [-0.2, -0.15) is 0 Å². The normalized spacial score (nSPS) is 11.4. The fourth-order valence-electron chi connectivity index (χ4n) is 1.90. The number of para-hydroxylation sites is 1. The number of aromatic hydroxyl groups is 2. The van der Waals surface area contributed by atoms with Gasteiger partial charge >= 0.3 is 5.69 Å². The topological polar surface area (TPSA) is 101 Å². The Labute approximate surface area is 113 Å². The number of hydrogen-bond acceptors (Lipinski definition) is 4. The van der Waals surface area contributed by atoms with E-state index in [0.29, 0.717) is 22.3 Å². The predicted octanol–water partition coefficient (Wildman–Crippen LogP) is 2.02. The van der Waals surface area contributed by atoms with E-state index in [9.17, 15) is 15.0 Å². The summed E-state index contributed by atoms with van der Waals surface area (Å²) in [6.45, 7) is 0. The zero-order chi connectivity index (χ0) is 14.1. The number of hydrogen-bond donors (Lipinski definition) is 4. The van der Waals surface area contributed by atoms with Gasteiger partial charge in [-0.15, -0.1) is 0 Å². The Morgan fingerprint density at radius 3 is 2.45 bits per heavy atom. The summed E-state index contributed by atoms with van der Waals surface area (Å²) in [6, 6.07) is 9.71. The van der Waals surface area contributed by atoms with E-state index in [2.05, 4.69) is 15.0 Å². The molecule has 1 aromatic heterocycles. The summed E-state index contributed by atoms with van der Waals surface area (Å²) in [6.07, 6.45) is 1.45. The van der Waals surface area contributed by atoms with Gasteiger partial charge in [-0.1, -0.05) is 12.1 Å². The van der Waals surface area contributed by atoms with Crippen molar-refractivity contribution >= 4 is 22.9 Å². The average molecular weight is 269 g/mol. The van der Waals surface area contributed by atoms with Crippen LogP contribution < -0.4 is 5.69 Å². The van der Waals surface area contributed by atoms with Crippen molar-refractivity contribution in [2.45, 2.75) is 0 Å². The minimum Gasteiger partial charge on any atom is -0.507 e. The summed E-state index contributed by atoms with van der Waals surface area (Å²) < 4.78 is 0. The summed E-state index contributed by atoms with van der Waals surface area (Å²) >= 11 is 0. The third kappa shape index (κ3) is 2.14. The first-order valence-corrected chi connectivity index (χ1v) is 5.90. The number of rotatable bonds is 2. The van der Waals surface area contributed by atoms with E-state index in [0.717, 1.165) is 0 Å². The molecule has 3 aromatic rings. The van der Waals surface area contributed by atoms with Gasteiger partial charge in [-0.25, -0.2) is 4.79 Å². The van der Waals surface area contributed by atoms with Gasteiger partial charge in [0, 0.05) is 17.8 Å². The molecule has 0 atom stereocenters. The maximum atomic E-state index is 11.2. The second-order valence-electron chi connectivity index (χ2n) is 4.28. The van der Waals surface area contributed by atoms with Crippen LogP contribution in [-0.2, 0) is 0 Å². The lowest BCUT2D eigenvalue weighted by molar-refractivity contribution is 0.474. The van der Waals surface area contributed by atoms with Crippen LogP contribution in [0.1, 0.15) is 5.56 Å². The molecule has 0 bridgehead atoms. The van der Waals surface area contributed by atoms with Crippen LogP contribution in [0, 0.1) is 0 Å². The molecule has 1 heterocycles. The largest absolute Gasteiger partial charge is 0.507 e. The fraction of sp³-hybridized carbons (Fsp3) is 0. The lowest BCUT2D eigenvalue weighted by Crippen LogP contribution is -1.99. The van der Waals surface area contributed by atoms with E-state index >= 15 is 0 Å². The first-order chi connectivity index (χ1) is 9.63. The molecule has 0 aliphatic heterocycles. The highest BCUT2D eigenvalue weighted by atomic mass is 16.3. The molecular formula is C14H11N3O3. The molecule has 0 saturated heterocycles. The van der Waals surface area contributed by atoms with Gasteiger partial charge in [0.1, 0.15) is 17.2 Å². The number of imidazole rings is 1. The number of aliphatic imine (C=N–C) groups is 1. The molecular weight excluding hydrogens is 258 g/mol. The Balaban J connectivity index is 2.04. The Kier molecular flexibility index (Phi) is 2.76. The molecule has 0 unspecified atom stereocenters. The molecule has 0 spiro atoms. The number of aromatic amines is 2. The van der Waals surface area contributed by atoms with Gasteiger partial charge in [-0.3, -0.25) is 4.99 Å². The van der Waals surface area contributed by atoms with Gasteiger partial charge in [-0.05, 0) is 18.2 Å². The molecule has 0 fully saturated rings. The minimum absolute atomic E-state index is 0.0561. The van der Waals surface area contributed by atoms with Crippen molar-refractivity contribution in [3.63, 3.8) is 0 Å². The van der Waals surface area contributed by atoms with Gasteiger partial charge < -0.3 is 20.2 Å². The Morgan fingerprint density at radius 1 is 1.00 bits per heavy atom. The van der Waals surface area contributed by atoms with Gasteiger partial charge in [0.05, 0.1) is 11.0 Å². The lowest BCUT2D eigenvalue weighted by atomic mass is 10.2. The number of phenolic OH excluding ortho intramolecular Hbond substituents is 2. The lowest BCUT2D eigenvalue weighted by Gasteiger charge is -2.00. The van der Waals surface area contributed by atoms with Gasteiger partial charge in [0.15, 0.2) is 0 Å². The summed E-state index contributed by atoms with van der Waals surface area (Å²) in [5.41, 5.74) is 1.55. The van der Waals surface area contributed by atoms with Crippen molar-refractivity contribution < 1.29 is 10.2 Å². The van der Waals surface area contributed by atoms with Crippen molar-refractivity contribution in [3.8, 4) is 11.5 Å². The minimum atomic E-state index is -0.346. The van der Waals surface area contributed by atoms with E-state index in [1.807, 2.05) is 0 Å². The van der Waals surface area contributed by atoms with Crippen LogP contribution in [-0.4, -0.2) is 26.4 Å². The summed E-state index contributed by atoms with van der Waals surface area (Å²) in [4.78, 5) is 20.4. The van der Waals surface area contributed by atoms with Crippen LogP contribution in [0.15, 0.2) is 46.2 Å². The van der Waals surface area contributed by atoms with Crippen molar-refractivity contribution in [2.75, 3.05) is 0 Å². The van der Waals surface area contributed by atoms with Crippen LogP contribution in [0.25, 0.3) is 11.0 Å². The van der Waals surface area contributed by atoms with Crippen LogP contribution in [0.3, 0.4) is 0 Å². The monoisotopic (exact) mass is 269 g/mol. The molecule has 0 radical (unpaired) electrons. The molecule has 6 heteroatoms. The standard InChI is InChI=1S/C14H11N3O3/c18-12-4-2-1-3-8(12)7-15-11-5-9-10(6-13(11)19)17-14(20)16-9/h1-7,18-19H,(H2,16,17,20). The number of nitrogens with zero attached hydrogens (tertiary/aromatic N) is 1. The SMILES string of the molecule is O=c1[nH]c2cc(O)c(N=Cc3ccccc3O)cc2[nH]1. The highest BCUT2D eigenvalue weighted by Gasteiger charge is 2.05. The predicted molar refractivity (Wildman–Crippen MR) is 75.9 cm³/mol. The molecule has 4 N–H and O–H groups in total. The molecule has 6 nitrogen and oxygen atoms in total. The summed E-state index contributed by atoms with van der Waals surface area (Å²) in [5.74, 6) is 0.0475. The van der Waals surface area contributed by atoms with E-state index < -0.39 is 0 Å². The first kappa shape index (κ1) is 12.0. The molecule has 0 aliphatic rings. The van der Waals surface area contributed by atoms with Gasteiger partial charge in [0.2, 0.25) is 0 Å². The zero-order valence-corrected chi connectivity index (χ0v) is 10.3. The van der Waals surface area contributed by atoms with Crippen LogP contribution in [0.4, 0.5) is 5.69 Å². The maximum Gasteiger partial charge on any atom is 0.323 e. The first-order valence-electron chi connectivity index (χ1n) is 5.90. The number of benzene rings is 2. The quantitative estimate of drug-likeness (QED) is 0.535. The molecule has 0 aliphatic carbocycles. The number of phenols is 2. The van der Waals surface area contributed by atoms with E-state index in [4.69, 9.17) is 0 Å². The van der Waals surface area contributed by atoms with Crippen molar-refractivity contribution in [1.29, 1.82) is 0 Å². The van der Waals surface area contributed by atoms with Crippen molar-refractivity contribution in [3.05, 3.63) is 52.4 Å². The number of aromatic nitrogens is 2. The summed E-state index contributed by atoms with van der Waals surface area (Å²) in [5, 5.41) is 19.5. The van der Waals surface area contributed by atoms with Crippen LogP contribution in [0.2, 0.25) is 0 Å². The van der Waals surface area contributed by atoms with Crippen molar-refractivity contribution in [1.82, 2.24) is 9.97 Å². The van der Waals surface area contributed by atoms with Crippen LogP contribution in [0.5, 0.6) is 11.5 Å². The summed E-state index contributed by atoms with van der Waals surface area (Å²) in [7, 11) is 0. The highest BCUT2D eigenvalue weighted by Crippen LogP contribution is 2.29. The van der Waals surface area contributed by atoms with E-state index in [1.54, 1.807) is 30.3 Å². The smallest absolute Gasteiger partial charge is 0.323 e. The van der Waals surface area contributed by atoms with E-state index in [1.165, 1.54) is 12.3 Å².